The summed E-state index contributed by atoms with van der Waals surface area (Å²) in [4.78, 5) is 27.5. The van der Waals surface area contributed by atoms with Crippen molar-refractivity contribution in [2.45, 2.75) is 12.4 Å². The highest BCUT2D eigenvalue weighted by Crippen LogP contribution is 2.39. The van der Waals surface area contributed by atoms with Gasteiger partial charge >= 0.3 is 11.9 Å². The van der Waals surface area contributed by atoms with E-state index in [0.29, 0.717) is 6.07 Å². The SMILES string of the molecule is O=C1/C=C/C(=O)ON2CC(C(F)c3cc(F)cc(F)c3)C2O1. The standard InChI is InChI=1S/C14H10F3NO4/c15-8-3-7(4-9(16)5-8)13(17)10-6-18-14(10)21-11(19)1-2-12(20)22-18/h1-5,10,13-14H,6H2/b2-1+. The molecule has 0 amide bonds. The van der Waals surface area contributed by atoms with Gasteiger partial charge in [0.2, 0.25) is 0 Å². The number of hydroxylamine groups is 2. The van der Waals surface area contributed by atoms with Crippen molar-refractivity contribution in [1.82, 2.24) is 5.06 Å². The Morgan fingerprint density at radius 2 is 1.73 bits per heavy atom. The quantitative estimate of drug-likeness (QED) is 0.779. The monoisotopic (exact) mass is 313 g/mol. The van der Waals surface area contributed by atoms with E-state index in [9.17, 15) is 22.8 Å². The molecule has 2 heterocycles. The van der Waals surface area contributed by atoms with Gasteiger partial charge in [-0.1, -0.05) is 5.06 Å². The van der Waals surface area contributed by atoms with Crippen LogP contribution in [0.25, 0.3) is 0 Å². The summed E-state index contributed by atoms with van der Waals surface area (Å²) in [5, 5.41) is 1.01. The van der Waals surface area contributed by atoms with E-state index in [1.165, 1.54) is 0 Å². The molecule has 3 atom stereocenters. The summed E-state index contributed by atoms with van der Waals surface area (Å²) in [6, 6.07) is 2.37. The molecule has 3 unspecified atom stereocenters. The maximum absolute atomic E-state index is 14.5. The fourth-order valence-corrected chi connectivity index (χ4v) is 2.37. The summed E-state index contributed by atoms with van der Waals surface area (Å²) >= 11 is 0. The van der Waals surface area contributed by atoms with Crippen LogP contribution in [0.4, 0.5) is 13.2 Å². The fraction of sp³-hybridized carbons (Fsp3) is 0.286. The molecule has 22 heavy (non-hydrogen) atoms. The normalized spacial score (nSPS) is 27.6. The molecule has 2 aliphatic heterocycles. The Labute approximate surface area is 122 Å². The molecule has 0 aromatic heterocycles. The second-order valence-corrected chi connectivity index (χ2v) is 4.94. The van der Waals surface area contributed by atoms with Crippen molar-refractivity contribution in [1.29, 1.82) is 0 Å². The van der Waals surface area contributed by atoms with Crippen molar-refractivity contribution in [3.8, 4) is 0 Å². The number of hydrogen-bond acceptors (Lipinski definition) is 5. The van der Waals surface area contributed by atoms with Crippen molar-refractivity contribution in [3.05, 3.63) is 47.5 Å². The van der Waals surface area contributed by atoms with Crippen molar-refractivity contribution in [2.75, 3.05) is 6.54 Å². The first-order valence-corrected chi connectivity index (χ1v) is 6.41. The number of fused-ring (bicyclic) bond motifs is 1. The number of hydrogen-bond donors (Lipinski definition) is 0. The van der Waals surface area contributed by atoms with Crippen LogP contribution in [0.3, 0.4) is 0 Å². The highest BCUT2D eigenvalue weighted by molar-refractivity contribution is 5.92. The van der Waals surface area contributed by atoms with Crippen LogP contribution >= 0.6 is 0 Å². The Hall–Kier alpha value is -2.35. The molecule has 0 radical (unpaired) electrons. The number of rotatable bonds is 2. The zero-order valence-corrected chi connectivity index (χ0v) is 11.0. The first kappa shape index (κ1) is 14.6. The second-order valence-electron chi connectivity index (χ2n) is 4.94. The smallest absolute Gasteiger partial charge is 0.350 e. The number of carbonyl (C=O) groups excluding carboxylic acids is 2. The van der Waals surface area contributed by atoms with E-state index < -0.39 is 41.9 Å². The van der Waals surface area contributed by atoms with Crippen LogP contribution < -0.4 is 0 Å². The molecule has 1 fully saturated rings. The van der Waals surface area contributed by atoms with Gasteiger partial charge in [-0.15, -0.1) is 0 Å². The second kappa shape index (κ2) is 5.45. The lowest BCUT2D eigenvalue weighted by atomic mass is 9.89. The van der Waals surface area contributed by atoms with Crippen molar-refractivity contribution >= 4 is 11.9 Å². The maximum atomic E-state index is 14.5. The van der Waals surface area contributed by atoms with Gasteiger partial charge in [0, 0.05) is 18.2 Å². The third kappa shape index (κ3) is 2.69. The predicted octanol–water partition coefficient (Wildman–Crippen LogP) is 1.80. The topological polar surface area (TPSA) is 55.8 Å². The van der Waals surface area contributed by atoms with Crippen LogP contribution in [0.5, 0.6) is 0 Å². The highest BCUT2D eigenvalue weighted by atomic mass is 19.1. The third-order valence-electron chi connectivity index (χ3n) is 3.42. The van der Waals surface area contributed by atoms with E-state index >= 15 is 0 Å². The van der Waals surface area contributed by atoms with Gasteiger partial charge in [-0.05, 0) is 17.7 Å². The lowest BCUT2D eigenvalue weighted by Gasteiger charge is -2.45. The summed E-state index contributed by atoms with van der Waals surface area (Å²) in [6.07, 6.45) is -1.16. The number of carbonyl (C=O) groups is 2. The van der Waals surface area contributed by atoms with Crippen molar-refractivity contribution in [2.24, 2.45) is 5.92 Å². The highest BCUT2D eigenvalue weighted by Gasteiger charge is 2.50. The Kier molecular flexibility index (Phi) is 3.61. The van der Waals surface area contributed by atoms with E-state index in [0.717, 1.165) is 29.3 Å². The van der Waals surface area contributed by atoms with E-state index in [2.05, 4.69) is 0 Å². The Bertz CT molecular complexity index is 643. The molecule has 116 valence electrons. The molecule has 3 rings (SSSR count). The number of nitrogens with zero attached hydrogens (tertiary/aromatic N) is 1. The van der Waals surface area contributed by atoms with Crippen LogP contribution in [0.1, 0.15) is 11.7 Å². The number of halogens is 3. The maximum Gasteiger partial charge on any atom is 0.350 e. The predicted molar refractivity (Wildman–Crippen MR) is 65.5 cm³/mol. The van der Waals surface area contributed by atoms with Gasteiger partial charge in [0.1, 0.15) is 17.8 Å². The molecule has 5 nitrogen and oxygen atoms in total. The Balaban J connectivity index is 1.80. The summed E-state index contributed by atoms with van der Waals surface area (Å²) in [6.45, 7) is -0.0587. The van der Waals surface area contributed by atoms with E-state index in [4.69, 9.17) is 9.57 Å². The average molecular weight is 313 g/mol. The number of esters is 1. The third-order valence-corrected chi connectivity index (χ3v) is 3.42. The van der Waals surface area contributed by atoms with Crippen molar-refractivity contribution in [3.63, 3.8) is 0 Å². The summed E-state index contributed by atoms with van der Waals surface area (Å²) in [5.41, 5.74) is -0.206. The minimum Gasteiger partial charge on any atom is -0.440 e. The molecular weight excluding hydrogens is 303 g/mol. The minimum atomic E-state index is -1.78. The van der Waals surface area contributed by atoms with Gasteiger partial charge in [-0.25, -0.2) is 22.8 Å². The molecule has 1 aromatic carbocycles. The van der Waals surface area contributed by atoms with Gasteiger partial charge in [0.25, 0.3) is 0 Å². The van der Waals surface area contributed by atoms with Crippen molar-refractivity contribution < 1.29 is 32.3 Å². The fourth-order valence-electron chi connectivity index (χ4n) is 2.37. The molecule has 0 spiro atoms. The first-order chi connectivity index (χ1) is 10.4. The molecular formula is C14H10F3NO4. The Morgan fingerprint density at radius 1 is 1.09 bits per heavy atom. The lowest BCUT2D eigenvalue weighted by molar-refractivity contribution is -0.309. The number of benzene rings is 1. The molecule has 0 saturated carbocycles. The minimum absolute atomic E-state index is 0.0587. The number of ether oxygens (including phenoxy) is 1. The van der Waals surface area contributed by atoms with Crippen LogP contribution in [0.2, 0.25) is 0 Å². The Morgan fingerprint density at radius 3 is 2.41 bits per heavy atom. The van der Waals surface area contributed by atoms with Crippen LogP contribution in [0.15, 0.2) is 30.4 Å². The average Bonchev–Trinajstić information content (AvgIpc) is 2.44. The largest absolute Gasteiger partial charge is 0.440 e. The zero-order valence-electron chi connectivity index (χ0n) is 11.0. The zero-order chi connectivity index (χ0) is 15.9. The molecule has 2 aliphatic rings. The van der Waals surface area contributed by atoms with Crippen LogP contribution in [-0.2, 0) is 19.2 Å². The summed E-state index contributed by atoms with van der Waals surface area (Å²) < 4.78 is 45.7. The molecule has 1 saturated heterocycles. The van der Waals surface area contributed by atoms with Gasteiger partial charge in [-0.2, -0.15) is 0 Å². The summed E-state index contributed by atoms with van der Waals surface area (Å²) in [7, 11) is 0. The molecule has 0 aliphatic carbocycles. The number of alkyl halides is 1. The summed E-state index contributed by atoms with van der Waals surface area (Å²) in [5.74, 6) is -4.32. The van der Waals surface area contributed by atoms with E-state index in [-0.39, 0.29) is 12.1 Å². The first-order valence-electron chi connectivity index (χ1n) is 6.41. The molecule has 0 bridgehead atoms. The van der Waals surface area contributed by atoms with Gasteiger partial charge < -0.3 is 9.57 Å². The van der Waals surface area contributed by atoms with Gasteiger partial charge in [0.15, 0.2) is 6.23 Å². The molecule has 0 N–H and O–H groups in total. The molecule has 8 heteroatoms. The van der Waals surface area contributed by atoms with Gasteiger partial charge in [0.05, 0.1) is 12.5 Å². The van der Waals surface area contributed by atoms with Gasteiger partial charge in [-0.3, -0.25) is 0 Å². The van der Waals surface area contributed by atoms with Crippen LogP contribution in [0, 0.1) is 17.6 Å². The lowest BCUT2D eigenvalue weighted by Crippen LogP contribution is -2.60. The van der Waals surface area contributed by atoms with E-state index in [1.807, 2.05) is 0 Å². The van der Waals surface area contributed by atoms with Crippen LogP contribution in [-0.4, -0.2) is 29.8 Å². The molecule has 1 aromatic rings. The van der Waals surface area contributed by atoms with E-state index in [1.54, 1.807) is 0 Å².